The number of aliphatic carboxylic acids is 2. The number of aromatic amines is 1. The van der Waals surface area contributed by atoms with Gasteiger partial charge >= 0.3 is 11.9 Å². The van der Waals surface area contributed by atoms with E-state index < -0.39 is 37.6 Å². The van der Waals surface area contributed by atoms with Crippen LogP contribution >= 0.6 is 7.52 Å². The number of fused-ring (bicyclic) bond motifs is 1. The van der Waals surface area contributed by atoms with E-state index in [4.69, 9.17) is 5.11 Å². The Labute approximate surface area is 144 Å². The molecule has 0 spiro atoms. The molecule has 8 nitrogen and oxygen atoms in total. The van der Waals surface area contributed by atoms with Gasteiger partial charge in [-0.1, -0.05) is 25.1 Å². The van der Waals surface area contributed by atoms with E-state index in [1.165, 1.54) is 0 Å². The lowest BCUT2D eigenvalue weighted by Crippen LogP contribution is -2.36. The van der Waals surface area contributed by atoms with Crippen LogP contribution in [0.3, 0.4) is 0 Å². The van der Waals surface area contributed by atoms with Gasteiger partial charge < -0.3 is 20.1 Å². The molecule has 136 valence electrons. The number of carbonyl (C=O) groups is 2. The summed E-state index contributed by atoms with van der Waals surface area (Å²) in [6.07, 6.45) is 1.28. The summed E-state index contributed by atoms with van der Waals surface area (Å²) in [7, 11) is -4.11. The van der Waals surface area contributed by atoms with Gasteiger partial charge in [0.15, 0.2) is 0 Å². The van der Waals surface area contributed by atoms with Crippen molar-refractivity contribution in [1.82, 2.24) is 10.1 Å². The van der Waals surface area contributed by atoms with Gasteiger partial charge in [-0.2, -0.15) is 0 Å². The highest BCUT2D eigenvalue weighted by Crippen LogP contribution is 2.55. The fourth-order valence-electron chi connectivity index (χ4n) is 2.85. The van der Waals surface area contributed by atoms with E-state index in [2.05, 4.69) is 10.1 Å². The van der Waals surface area contributed by atoms with Crippen molar-refractivity contribution in [1.29, 1.82) is 0 Å². The molecule has 5 N–H and O–H groups in total. The van der Waals surface area contributed by atoms with Gasteiger partial charge in [-0.3, -0.25) is 14.2 Å². The van der Waals surface area contributed by atoms with Gasteiger partial charge in [0.1, 0.15) is 6.04 Å². The second kappa shape index (κ2) is 7.82. The number of hydrogen-bond donors (Lipinski definition) is 5. The molecule has 25 heavy (non-hydrogen) atoms. The molecule has 9 heteroatoms. The molecule has 0 fully saturated rings. The van der Waals surface area contributed by atoms with E-state index in [-0.39, 0.29) is 6.42 Å². The first-order chi connectivity index (χ1) is 11.8. The molecular weight excluding hydrogens is 347 g/mol. The first kappa shape index (κ1) is 19.2. The number of hydrogen-bond acceptors (Lipinski definition) is 3. The Hall–Kier alpha value is -2.15. The Morgan fingerprint density at radius 2 is 1.96 bits per heavy atom. The lowest BCUT2D eigenvalue weighted by molar-refractivity contribution is -0.140. The topological polar surface area (TPSA) is 140 Å². The zero-order valence-electron chi connectivity index (χ0n) is 13.7. The highest BCUT2D eigenvalue weighted by Gasteiger charge is 2.36. The van der Waals surface area contributed by atoms with Crippen LogP contribution < -0.4 is 5.09 Å². The van der Waals surface area contributed by atoms with E-state index in [9.17, 15) is 24.2 Å². The highest BCUT2D eigenvalue weighted by atomic mass is 31.2. The number of rotatable bonds is 9. The summed E-state index contributed by atoms with van der Waals surface area (Å²) in [6, 6.07) is 5.91. The third kappa shape index (κ3) is 4.48. The minimum Gasteiger partial charge on any atom is -0.481 e. The van der Waals surface area contributed by atoms with Gasteiger partial charge in [0, 0.05) is 23.5 Å². The number of benzene rings is 1. The molecule has 0 aliphatic carbocycles. The van der Waals surface area contributed by atoms with Crippen LogP contribution in [0.15, 0.2) is 30.5 Å². The predicted octanol–water partition coefficient (Wildman–Crippen LogP) is 2.71. The van der Waals surface area contributed by atoms with Crippen molar-refractivity contribution in [3.05, 3.63) is 36.0 Å². The van der Waals surface area contributed by atoms with E-state index in [0.717, 1.165) is 10.9 Å². The smallest absolute Gasteiger partial charge is 0.321 e. The summed E-state index contributed by atoms with van der Waals surface area (Å²) in [5.74, 6) is -2.52. The first-order valence-corrected chi connectivity index (χ1v) is 9.60. The molecule has 1 aromatic heterocycles. The number of nitrogens with one attached hydrogen (secondary N) is 2. The largest absolute Gasteiger partial charge is 0.481 e. The molecule has 2 rings (SSSR count). The van der Waals surface area contributed by atoms with Gasteiger partial charge in [0.2, 0.25) is 0 Å². The number of aromatic nitrogens is 1. The van der Waals surface area contributed by atoms with Crippen molar-refractivity contribution in [3.63, 3.8) is 0 Å². The third-order valence-electron chi connectivity index (χ3n) is 4.08. The second-order valence-electron chi connectivity index (χ2n) is 5.79. The molecule has 0 aliphatic rings. The Morgan fingerprint density at radius 1 is 1.28 bits per heavy atom. The lowest BCUT2D eigenvalue weighted by Gasteiger charge is -2.25. The van der Waals surface area contributed by atoms with Crippen LogP contribution in [0.1, 0.15) is 37.4 Å². The summed E-state index contributed by atoms with van der Waals surface area (Å²) in [4.78, 5) is 35.5. The zero-order valence-corrected chi connectivity index (χ0v) is 14.6. The van der Waals surface area contributed by atoms with Crippen molar-refractivity contribution < 1.29 is 29.3 Å². The molecule has 0 bridgehead atoms. The molecule has 0 amide bonds. The number of carboxylic acids is 2. The third-order valence-corrected chi connectivity index (χ3v) is 6.25. The number of para-hydroxylation sites is 1. The Kier molecular flexibility index (Phi) is 6.00. The summed E-state index contributed by atoms with van der Waals surface area (Å²) in [6.45, 7) is 1.74. The Morgan fingerprint density at radius 3 is 2.56 bits per heavy atom. The van der Waals surface area contributed by atoms with Crippen molar-refractivity contribution in [3.8, 4) is 0 Å². The monoisotopic (exact) mass is 368 g/mol. The van der Waals surface area contributed by atoms with Crippen LogP contribution in [0.25, 0.3) is 10.9 Å². The van der Waals surface area contributed by atoms with E-state index >= 15 is 0 Å². The van der Waals surface area contributed by atoms with Gasteiger partial charge in [0.05, 0.1) is 5.66 Å². The molecule has 3 atom stereocenters. The summed E-state index contributed by atoms with van der Waals surface area (Å²) >= 11 is 0. The zero-order chi connectivity index (χ0) is 18.6. The minimum atomic E-state index is -4.11. The molecule has 1 heterocycles. The standard InChI is InChI=1S/C16H21N2O6P/c1-2-14(11-9-17-12-6-4-3-5-10(11)12)25(23,24)18-13(16(21)22)7-8-15(19)20/h3-6,9,13-14,17H,2,7-8H2,1H3,(H,19,20)(H,21,22)(H2,18,23,24). The Balaban J connectivity index is 2.29. The number of carboxylic acid groups (broad SMARTS) is 2. The fraction of sp³-hybridized carbons (Fsp3) is 0.375. The van der Waals surface area contributed by atoms with Crippen molar-refractivity contribution >= 4 is 30.4 Å². The maximum absolute atomic E-state index is 12.9. The van der Waals surface area contributed by atoms with Crippen molar-refractivity contribution in [2.24, 2.45) is 0 Å². The Bertz CT molecular complexity index is 818. The average molecular weight is 368 g/mol. The predicted molar refractivity (Wildman–Crippen MR) is 92.6 cm³/mol. The van der Waals surface area contributed by atoms with Crippen LogP contribution in [-0.4, -0.2) is 38.1 Å². The van der Waals surface area contributed by atoms with Crippen LogP contribution in [0.4, 0.5) is 0 Å². The van der Waals surface area contributed by atoms with Crippen molar-refractivity contribution in [2.75, 3.05) is 0 Å². The van der Waals surface area contributed by atoms with E-state index in [1.54, 1.807) is 13.1 Å². The van der Waals surface area contributed by atoms with E-state index in [1.807, 2.05) is 24.3 Å². The fourth-order valence-corrected chi connectivity index (χ4v) is 4.80. The highest BCUT2D eigenvalue weighted by molar-refractivity contribution is 7.56. The molecule has 1 aromatic carbocycles. The maximum atomic E-state index is 12.9. The quantitative estimate of drug-likeness (QED) is 0.429. The SMILES string of the molecule is CCC(c1c[nH]c2ccccc12)P(=O)(O)NC(CCC(=O)O)C(=O)O. The first-order valence-electron chi connectivity index (χ1n) is 7.87. The molecule has 0 aliphatic heterocycles. The molecule has 0 saturated carbocycles. The number of H-pyrrole nitrogens is 1. The second-order valence-corrected chi connectivity index (χ2v) is 7.92. The molecule has 3 unspecified atom stereocenters. The molecular formula is C16H21N2O6P. The summed E-state index contributed by atoms with van der Waals surface area (Å²) in [5.41, 5.74) is 0.630. The van der Waals surface area contributed by atoms with Crippen LogP contribution in [-0.2, 0) is 14.2 Å². The average Bonchev–Trinajstić information content (AvgIpc) is 2.95. The van der Waals surface area contributed by atoms with E-state index in [0.29, 0.717) is 12.0 Å². The van der Waals surface area contributed by atoms with Gasteiger partial charge in [-0.15, -0.1) is 0 Å². The summed E-state index contributed by atoms with van der Waals surface area (Å²) < 4.78 is 12.9. The van der Waals surface area contributed by atoms with Crippen molar-refractivity contribution in [2.45, 2.75) is 37.9 Å². The van der Waals surface area contributed by atoms with Crippen LogP contribution in [0.2, 0.25) is 0 Å². The minimum absolute atomic E-state index is 0.278. The maximum Gasteiger partial charge on any atom is 0.321 e. The summed E-state index contributed by atoms with van der Waals surface area (Å²) in [5, 5.41) is 21.0. The normalized spacial score (nSPS) is 16.2. The lowest BCUT2D eigenvalue weighted by atomic mass is 10.1. The van der Waals surface area contributed by atoms with Gasteiger partial charge in [0.25, 0.3) is 7.52 Å². The van der Waals surface area contributed by atoms with Crippen LogP contribution in [0, 0.1) is 0 Å². The van der Waals surface area contributed by atoms with Gasteiger partial charge in [-0.05, 0) is 24.5 Å². The van der Waals surface area contributed by atoms with Gasteiger partial charge in [-0.25, -0.2) is 5.09 Å². The molecule has 2 aromatic rings. The van der Waals surface area contributed by atoms with Crippen LogP contribution in [0.5, 0.6) is 0 Å². The molecule has 0 radical (unpaired) electrons. The molecule has 0 saturated heterocycles.